The number of halogens is 2. The minimum Gasteiger partial charge on any atom is -0.330 e. The van der Waals surface area contributed by atoms with Gasteiger partial charge < -0.3 is 5.73 Å². The lowest BCUT2D eigenvalue weighted by molar-refractivity contribution is 0.957. The molecule has 2 rings (SSSR count). The number of hydrogen-bond acceptors (Lipinski definition) is 3. The molecule has 1 nitrogen and oxygen atoms in total. The Morgan fingerprint density at radius 3 is 2.65 bits per heavy atom. The smallest absolute Gasteiger partial charge is 0.0713 e. The first-order valence-electron chi connectivity index (χ1n) is 5.10. The first kappa shape index (κ1) is 13.4. The monoisotopic (exact) mass is 347 g/mol. The van der Waals surface area contributed by atoms with Crippen molar-refractivity contribution in [1.82, 2.24) is 0 Å². The highest BCUT2D eigenvalue weighted by Crippen LogP contribution is 2.39. The molecule has 0 bridgehead atoms. The van der Waals surface area contributed by atoms with E-state index in [0.717, 1.165) is 15.2 Å². The van der Waals surface area contributed by atoms with Crippen LogP contribution in [0.2, 0.25) is 5.02 Å². The van der Waals surface area contributed by atoms with E-state index in [9.17, 15) is 0 Å². The lowest BCUT2D eigenvalue weighted by Crippen LogP contribution is -2.02. The van der Waals surface area contributed by atoms with Crippen LogP contribution in [-0.2, 0) is 6.42 Å². The zero-order valence-corrected chi connectivity index (χ0v) is 12.9. The molecule has 0 aliphatic heterocycles. The molecule has 17 heavy (non-hydrogen) atoms. The lowest BCUT2D eigenvalue weighted by atomic mass is 10.2. The third-order valence-corrected chi connectivity index (χ3v) is 5.36. The maximum Gasteiger partial charge on any atom is 0.0713 e. The van der Waals surface area contributed by atoms with E-state index in [0.29, 0.717) is 6.54 Å². The molecular formula is C12H11BrClNS2. The largest absolute Gasteiger partial charge is 0.330 e. The third kappa shape index (κ3) is 3.73. The first-order chi connectivity index (χ1) is 8.19. The van der Waals surface area contributed by atoms with Crippen molar-refractivity contribution in [3.8, 4) is 0 Å². The van der Waals surface area contributed by atoms with Crippen LogP contribution in [0.5, 0.6) is 0 Å². The summed E-state index contributed by atoms with van der Waals surface area (Å²) in [6.45, 7) is 0.678. The maximum absolute atomic E-state index is 5.87. The standard InChI is InChI=1S/C12H11BrClNS2/c13-11-7-8(5-6-15)12(17-11)16-10-3-1-9(14)2-4-10/h1-4,7H,5-6,15H2. The molecule has 0 saturated heterocycles. The van der Waals surface area contributed by atoms with Gasteiger partial charge in [-0.2, -0.15) is 0 Å². The highest BCUT2D eigenvalue weighted by molar-refractivity contribution is 9.11. The average Bonchev–Trinajstić information content (AvgIpc) is 2.63. The quantitative estimate of drug-likeness (QED) is 0.857. The fourth-order valence-corrected chi connectivity index (χ4v) is 4.79. The second-order valence-electron chi connectivity index (χ2n) is 3.46. The topological polar surface area (TPSA) is 26.0 Å². The van der Waals surface area contributed by atoms with Gasteiger partial charge in [-0.25, -0.2) is 0 Å². The molecule has 0 aliphatic carbocycles. The summed E-state index contributed by atoms with van der Waals surface area (Å²) in [7, 11) is 0. The van der Waals surface area contributed by atoms with Crippen LogP contribution in [0.1, 0.15) is 5.56 Å². The Labute approximate surface area is 122 Å². The lowest BCUT2D eigenvalue weighted by Gasteiger charge is -2.02. The Bertz CT molecular complexity index is 496. The van der Waals surface area contributed by atoms with Gasteiger partial charge in [0.2, 0.25) is 0 Å². The number of thiophene rings is 1. The molecule has 0 amide bonds. The highest BCUT2D eigenvalue weighted by atomic mass is 79.9. The van der Waals surface area contributed by atoms with E-state index in [2.05, 4.69) is 22.0 Å². The van der Waals surface area contributed by atoms with Crippen molar-refractivity contribution in [3.05, 3.63) is 44.7 Å². The van der Waals surface area contributed by atoms with E-state index in [-0.39, 0.29) is 0 Å². The highest BCUT2D eigenvalue weighted by Gasteiger charge is 2.08. The molecule has 1 aromatic heterocycles. The molecule has 0 spiro atoms. The number of benzene rings is 1. The fraction of sp³-hybridized carbons (Fsp3) is 0.167. The Morgan fingerprint density at radius 2 is 2.00 bits per heavy atom. The van der Waals surface area contributed by atoms with Crippen LogP contribution < -0.4 is 5.73 Å². The average molecular weight is 349 g/mol. The van der Waals surface area contributed by atoms with Crippen molar-refractivity contribution in [3.63, 3.8) is 0 Å². The second-order valence-corrected chi connectivity index (χ2v) is 7.67. The van der Waals surface area contributed by atoms with Gasteiger partial charge in [0.25, 0.3) is 0 Å². The summed E-state index contributed by atoms with van der Waals surface area (Å²) in [6.07, 6.45) is 0.915. The molecule has 0 atom stereocenters. The van der Waals surface area contributed by atoms with Gasteiger partial charge in [-0.15, -0.1) is 11.3 Å². The van der Waals surface area contributed by atoms with Crippen molar-refractivity contribution in [2.45, 2.75) is 15.5 Å². The van der Waals surface area contributed by atoms with E-state index >= 15 is 0 Å². The van der Waals surface area contributed by atoms with E-state index in [1.165, 1.54) is 14.7 Å². The van der Waals surface area contributed by atoms with Crippen LogP contribution in [0.15, 0.2) is 43.2 Å². The van der Waals surface area contributed by atoms with Crippen molar-refractivity contribution in [2.24, 2.45) is 5.73 Å². The number of nitrogens with two attached hydrogens (primary N) is 1. The van der Waals surface area contributed by atoms with Crippen LogP contribution in [0.4, 0.5) is 0 Å². The van der Waals surface area contributed by atoms with E-state index in [1.54, 1.807) is 23.1 Å². The van der Waals surface area contributed by atoms with Crippen LogP contribution in [0.25, 0.3) is 0 Å². The maximum atomic E-state index is 5.87. The fourth-order valence-electron chi connectivity index (χ4n) is 1.41. The summed E-state index contributed by atoms with van der Waals surface area (Å²) < 4.78 is 2.45. The summed E-state index contributed by atoms with van der Waals surface area (Å²) in [4.78, 5) is 1.20. The van der Waals surface area contributed by atoms with Crippen LogP contribution in [-0.4, -0.2) is 6.54 Å². The van der Waals surface area contributed by atoms with Crippen LogP contribution in [0, 0.1) is 0 Å². The van der Waals surface area contributed by atoms with Gasteiger partial charge >= 0.3 is 0 Å². The SMILES string of the molecule is NCCc1cc(Br)sc1Sc1ccc(Cl)cc1. The third-order valence-electron chi connectivity index (χ3n) is 2.18. The molecule has 90 valence electrons. The summed E-state index contributed by atoms with van der Waals surface area (Å²) in [5.74, 6) is 0. The van der Waals surface area contributed by atoms with Gasteiger partial charge in [-0.05, 0) is 64.8 Å². The molecule has 0 radical (unpaired) electrons. The molecule has 0 unspecified atom stereocenters. The summed E-state index contributed by atoms with van der Waals surface area (Å²) >= 11 is 12.9. The zero-order valence-electron chi connectivity index (χ0n) is 8.95. The summed E-state index contributed by atoms with van der Waals surface area (Å²) in [6, 6.07) is 10.0. The van der Waals surface area contributed by atoms with E-state index < -0.39 is 0 Å². The molecule has 1 heterocycles. The van der Waals surface area contributed by atoms with E-state index in [1.807, 2.05) is 24.3 Å². The Morgan fingerprint density at radius 1 is 1.29 bits per heavy atom. The minimum atomic E-state index is 0.678. The Hall–Kier alpha value is -0.000000000000000167. The van der Waals surface area contributed by atoms with Crippen LogP contribution >= 0.6 is 50.6 Å². The molecule has 0 fully saturated rings. The number of rotatable bonds is 4. The van der Waals surface area contributed by atoms with Crippen molar-refractivity contribution in [2.75, 3.05) is 6.54 Å². The van der Waals surface area contributed by atoms with Gasteiger partial charge in [0.05, 0.1) is 8.00 Å². The van der Waals surface area contributed by atoms with Crippen molar-refractivity contribution >= 4 is 50.6 Å². The van der Waals surface area contributed by atoms with Crippen molar-refractivity contribution < 1.29 is 0 Å². The summed E-state index contributed by atoms with van der Waals surface area (Å²) in [5.41, 5.74) is 6.92. The van der Waals surface area contributed by atoms with Gasteiger partial charge in [-0.3, -0.25) is 0 Å². The molecule has 2 N–H and O–H groups in total. The zero-order chi connectivity index (χ0) is 12.3. The molecule has 2 aromatic rings. The minimum absolute atomic E-state index is 0.678. The Balaban J connectivity index is 2.20. The van der Waals surface area contributed by atoms with Gasteiger partial charge in [0.15, 0.2) is 0 Å². The first-order valence-corrected chi connectivity index (χ1v) is 7.91. The van der Waals surface area contributed by atoms with Gasteiger partial charge in [-0.1, -0.05) is 23.4 Å². The molecule has 5 heteroatoms. The van der Waals surface area contributed by atoms with E-state index in [4.69, 9.17) is 17.3 Å². The Kier molecular flexibility index (Phi) is 4.94. The van der Waals surface area contributed by atoms with Gasteiger partial charge in [0.1, 0.15) is 0 Å². The predicted octanol–water partition coefficient (Wildman–Crippen LogP) is 4.82. The summed E-state index contributed by atoms with van der Waals surface area (Å²) in [5, 5.41) is 0.767. The number of hydrogen-bond donors (Lipinski definition) is 1. The van der Waals surface area contributed by atoms with Crippen LogP contribution in [0.3, 0.4) is 0 Å². The van der Waals surface area contributed by atoms with Crippen molar-refractivity contribution in [1.29, 1.82) is 0 Å². The molecular weight excluding hydrogens is 338 g/mol. The van der Waals surface area contributed by atoms with Gasteiger partial charge in [0, 0.05) is 9.92 Å². The predicted molar refractivity (Wildman–Crippen MR) is 80.4 cm³/mol. The molecule has 1 aromatic carbocycles. The second kappa shape index (κ2) is 6.25. The molecule has 0 aliphatic rings. The normalized spacial score (nSPS) is 10.8. The molecule has 0 saturated carbocycles.